The molecule has 1 aromatic heterocycles. The van der Waals surface area contributed by atoms with Crippen LogP contribution in [0.5, 0.6) is 0 Å². The molecule has 38 heavy (non-hydrogen) atoms. The summed E-state index contributed by atoms with van der Waals surface area (Å²) in [6.45, 7) is 17.0. The number of piperidine rings is 1. The highest BCUT2D eigenvalue weighted by Crippen LogP contribution is 2.45. The van der Waals surface area contributed by atoms with Crippen molar-refractivity contribution in [3.8, 4) is 0 Å². The van der Waals surface area contributed by atoms with Gasteiger partial charge in [-0.25, -0.2) is 9.97 Å². The number of hydrogen-bond donors (Lipinski definition) is 2. The molecule has 4 aliphatic rings. The minimum absolute atomic E-state index is 0.401. The quantitative estimate of drug-likeness (QED) is 0.532. The lowest BCUT2D eigenvalue weighted by molar-refractivity contribution is 0.197. The summed E-state index contributed by atoms with van der Waals surface area (Å²) in [6, 6.07) is 8.52. The van der Waals surface area contributed by atoms with Crippen molar-refractivity contribution in [2.45, 2.75) is 117 Å². The van der Waals surface area contributed by atoms with Gasteiger partial charge >= 0.3 is 0 Å². The highest BCUT2D eigenvalue weighted by Gasteiger charge is 2.46. The van der Waals surface area contributed by atoms with E-state index in [1.165, 1.54) is 66.0 Å². The maximum atomic E-state index is 5.56. The Kier molecular flexibility index (Phi) is 7.15. The molecular formula is C32H48N6. The zero-order valence-corrected chi connectivity index (χ0v) is 24.4. The summed E-state index contributed by atoms with van der Waals surface area (Å²) in [7, 11) is 0. The second kappa shape index (κ2) is 10.4. The molecule has 1 aromatic carbocycles. The van der Waals surface area contributed by atoms with Crippen LogP contribution in [0.1, 0.15) is 107 Å². The molecule has 206 valence electrons. The first-order chi connectivity index (χ1) is 18.3. The van der Waals surface area contributed by atoms with E-state index >= 15 is 0 Å². The summed E-state index contributed by atoms with van der Waals surface area (Å²) in [6.07, 6.45) is 7.30. The number of aromatic nitrogens is 2. The Balaban J connectivity index is 1.42. The predicted octanol–water partition coefficient (Wildman–Crippen LogP) is 5.84. The van der Waals surface area contributed by atoms with Gasteiger partial charge in [0.15, 0.2) is 0 Å². The van der Waals surface area contributed by atoms with E-state index in [-0.39, 0.29) is 0 Å². The highest BCUT2D eigenvalue weighted by molar-refractivity contribution is 5.60. The van der Waals surface area contributed by atoms with E-state index in [2.05, 4.69) is 80.4 Å². The third kappa shape index (κ3) is 4.62. The minimum Gasteiger partial charge on any atom is -0.366 e. The third-order valence-corrected chi connectivity index (χ3v) is 10.2. The lowest BCUT2D eigenvalue weighted by Gasteiger charge is -2.41. The largest absolute Gasteiger partial charge is 0.366 e. The van der Waals surface area contributed by atoms with Gasteiger partial charge in [0.1, 0.15) is 11.6 Å². The van der Waals surface area contributed by atoms with E-state index in [0.717, 1.165) is 31.9 Å². The van der Waals surface area contributed by atoms with Crippen LogP contribution in [0.15, 0.2) is 18.2 Å². The Labute approximate surface area is 230 Å². The van der Waals surface area contributed by atoms with Gasteiger partial charge in [-0.05, 0) is 81.9 Å². The van der Waals surface area contributed by atoms with E-state index < -0.39 is 0 Å². The molecular weight excluding hydrogens is 468 g/mol. The molecule has 1 aliphatic carbocycles. The van der Waals surface area contributed by atoms with Crippen molar-refractivity contribution in [2.75, 3.05) is 22.9 Å². The zero-order valence-electron chi connectivity index (χ0n) is 24.4. The maximum absolute atomic E-state index is 5.56. The van der Waals surface area contributed by atoms with E-state index in [4.69, 9.17) is 9.97 Å². The van der Waals surface area contributed by atoms with Crippen LogP contribution in [-0.4, -0.2) is 41.2 Å². The molecule has 2 aromatic rings. The van der Waals surface area contributed by atoms with Gasteiger partial charge in [-0.1, -0.05) is 32.9 Å². The molecule has 2 saturated heterocycles. The summed E-state index contributed by atoms with van der Waals surface area (Å²) < 4.78 is 0. The highest BCUT2D eigenvalue weighted by atomic mass is 15.4. The van der Waals surface area contributed by atoms with Crippen molar-refractivity contribution in [3.63, 3.8) is 0 Å². The van der Waals surface area contributed by atoms with Crippen LogP contribution < -0.4 is 20.7 Å². The van der Waals surface area contributed by atoms with Crippen LogP contribution in [0.25, 0.3) is 0 Å². The molecule has 6 heteroatoms. The van der Waals surface area contributed by atoms with Crippen LogP contribution in [0.3, 0.4) is 0 Å². The number of fused-ring (bicyclic) bond motifs is 2. The molecule has 6 nitrogen and oxygen atoms in total. The summed E-state index contributed by atoms with van der Waals surface area (Å²) in [5.41, 5.74) is 14.0. The maximum Gasteiger partial charge on any atom is 0.137 e. The van der Waals surface area contributed by atoms with Gasteiger partial charge in [-0.15, -0.1) is 0 Å². The molecule has 3 aliphatic heterocycles. The average molecular weight is 517 g/mol. The van der Waals surface area contributed by atoms with E-state index in [1.54, 1.807) is 0 Å². The standard InChI is InChI=1S/C32H48N6/c1-19(2)24-12-10-20(3)28(17-24)37-16-14-26-25(18-37)32(38-15-8-7-9-22(38)5)34-31(33-26)29-21(4)11-13-27-30(29)23(6)35-36-27/h10,12,17,19,21-23,27,29-30,35-36H,7-9,11,13-16,18H2,1-6H3/t21?,22-,23?,27?,29?,30?/m1/s1. The number of nitrogens with zero attached hydrogens (tertiary/aromatic N) is 4. The fraction of sp³-hybridized carbons (Fsp3) is 0.688. The van der Waals surface area contributed by atoms with E-state index in [1.807, 2.05) is 0 Å². The second-order valence-electron chi connectivity index (χ2n) is 13.1. The molecule has 5 unspecified atom stereocenters. The first kappa shape index (κ1) is 26.1. The Bertz CT molecular complexity index is 1160. The molecule has 6 rings (SSSR count). The second-order valence-corrected chi connectivity index (χ2v) is 13.1. The number of nitrogens with one attached hydrogen (secondary N) is 2. The normalized spacial score (nSPS) is 31.4. The van der Waals surface area contributed by atoms with Gasteiger partial charge in [0.05, 0.1) is 5.69 Å². The molecule has 0 bridgehead atoms. The molecule has 0 amide bonds. The molecule has 0 spiro atoms. The fourth-order valence-electron chi connectivity index (χ4n) is 7.78. The third-order valence-electron chi connectivity index (χ3n) is 10.2. The van der Waals surface area contributed by atoms with Crippen LogP contribution >= 0.6 is 0 Å². The fourth-order valence-corrected chi connectivity index (χ4v) is 7.78. The van der Waals surface area contributed by atoms with Crippen LogP contribution in [0.2, 0.25) is 0 Å². The number of benzene rings is 1. The van der Waals surface area contributed by atoms with Crippen molar-refractivity contribution in [2.24, 2.45) is 11.8 Å². The monoisotopic (exact) mass is 516 g/mol. The van der Waals surface area contributed by atoms with Gasteiger partial charge in [-0.2, -0.15) is 0 Å². The number of hydrogen-bond acceptors (Lipinski definition) is 6. The van der Waals surface area contributed by atoms with E-state index in [0.29, 0.717) is 41.8 Å². The Morgan fingerprint density at radius 2 is 1.82 bits per heavy atom. The van der Waals surface area contributed by atoms with Crippen molar-refractivity contribution in [3.05, 3.63) is 46.4 Å². The minimum atomic E-state index is 0.401. The summed E-state index contributed by atoms with van der Waals surface area (Å²) >= 11 is 0. The molecule has 6 atom stereocenters. The Morgan fingerprint density at radius 3 is 2.61 bits per heavy atom. The number of rotatable bonds is 4. The Hall–Kier alpha value is -2.18. The number of anilines is 2. The van der Waals surface area contributed by atoms with Gasteiger partial charge < -0.3 is 9.80 Å². The first-order valence-electron chi connectivity index (χ1n) is 15.3. The van der Waals surface area contributed by atoms with Crippen molar-refractivity contribution in [1.29, 1.82) is 0 Å². The van der Waals surface area contributed by atoms with Crippen molar-refractivity contribution in [1.82, 2.24) is 20.8 Å². The number of hydrazine groups is 1. The average Bonchev–Trinajstić information content (AvgIpc) is 3.28. The van der Waals surface area contributed by atoms with Crippen LogP contribution in [0.4, 0.5) is 11.5 Å². The summed E-state index contributed by atoms with van der Waals surface area (Å²) in [5, 5.41) is 0. The topological polar surface area (TPSA) is 56.3 Å². The SMILES string of the molecule is Cc1ccc(C(C)C)cc1N1CCc2nc(C3C(C)CCC4NNC(C)C43)nc(N3CCCC[C@H]3C)c2C1. The Morgan fingerprint density at radius 1 is 0.974 bits per heavy atom. The lowest BCUT2D eigenvalue weighted by Crippen LogP contribution is -2.43. The summed E-state index contributed by atoms with van der Waals surface area (Å²) in [5.74, 6) is 4.43. The van der Waals surface area contributed by atoms with Crippen LogP contribution in [-0.2, 0) is 13.0 Å². The molecule has 3 fully saturated rings. The van der Waals surface area contributed by atoms with E-state index in [9.17, 15) is 0 Å². The summed E-state index contributed by atoms with van der Waals surface area (Å²) in [4.78, 5) is 16.2. The predicted molar refractivity (Wildman–Crippen MR) is 157 cm³/mol. The van der Waals surface area contributed by atoms with Gasteiger partial charge in [0.25, 0.3) is 0 Å². The van der Waals surface area contributed by atoms with Gasteiger partial charge in [0.2, 0.25) is 0 Å². The lowest BCUT2D eigenvalue weighted by atomic mass is 9.68. The zero-order chi connectivity index (χ0) is 26.6. The smallest absolute Gasteiger partial charge is 0.137 e. The number of aryl methyl sites for hydroxylation is 1. The molecule has 2 N–H and O–H groups in total. The van der Waals surface area contributed by atoms with Crippen molar-refractivity contribution < 1.29 is 0 Å². The molecule has 1 saturated carbocycles. The molecule has 0 radical (unpaired) electrons. The van der Waals surface area contributed by atoms with Crippen molar-refractivity contribution >= 4 is 11.5 Å². The van der Waals surface area contributed by atoms with Gasteiger partial charge in [0, 0.05) is 67.3 Å². The van der Waals surface area contributed by atoms with Crippen LogP contribution in [0, 0.1) is 18.8 Å². The first-order valence-corrected chi connectivity index (χ1v) is 15.3. The van der Waals surface area contributed by atoms with Gasteiger partial charge in [-0.3, -0.25) is 10.9 Å². The molecule has 4 heterocycles.